The minimum absolute atomic E-state index is 0.0749. The molecule has 11 heteroatoms. The Hall–Kier alpha value is -2.95. The Morgan fingerprint density at radius 2 is 1.90 bits per heavy atom. The topological polar surface area (TPSA) is 114 Å². The van der Waals surface area contributed by atoms with Gasteiger partial charge in [0.1, 0.15) is 5.69 Å². The highest BCUT2D eigenvalue weighted by atomic mass is 35.5. The van der Waals surface area contributed by atoms with Gasteiger partial charge in [-0.2, -0.15) is 5.10 Å². The van der Waals surface area contributed by atoms with Crippen LogP contribution in [0.25, 0.3) is 0 Å². The molecule has 0 aliphatic heterocycles. The van der Waals surface area contributed by atoms with Crippen LogP contribution in [-0.2, 0) is 10.0 Å². The Bertz CT molecular complexity index is 1170. The molecule has 0 amide bonds. The minimum Gasteiger partial charge on any atom is -0.280 e. The lowest BCUT2D eigenvalue weighted by molar-refractivity contribution is -0.384. The summed E-state index contributed by atoms with van der Waals surface area (Å²) in [7, 11) is -4.02. The lowest BCUT2D eigenvalue weighted by atomic mass is 10.3. The molecular formula is C18H15ClN4O4S2. The first-order valence-electron chi connectivity index (χ1n) is 8.16. The third-order valence-corrected chi connectivity index (χ3v) is 6.43. The maximum absolute atomic E-state index is 12.6. The predicted octanol–water partition coefficient (Wildman–Crippen LogP) is 4.86. The van der Waals surface area contributed by atoms with Crippen molar-refractivity contribution in [3.8, 4) is 0 Å². The van der Waals surface area contributed by atoms with Crippen molar-refractivity contribution in [1.29, 1.82) is 0 Å². The van der Waals surface area contributed by atoms with Gasteiger partial charge in [-0.15, -0.1) is 11.3 Å². The van der Waals surface area contributed by atoms with Crippen molar-refractivity contribution in [2.45, 2.75) is 11.8 Å². The number of nitrogens with one attached hydrogen (secondary N) is 2. The molecule has 0 aliphatic carbocycles. The molecule has 0 spiro atoms. The highest BCUT2D eigenvalue weighted by Gasteiger charge is 2.21. The van der Waals surface area contributed by atoms with E-state index in [4.69, 9.17) is 11.6 Å². The molecule has 1 aromatic heterocycles. The number of hydrazone groups is 1. The summed E-state index contributed by atoms with van der Waals surface area (Å²) in [5.74, 6) is 0. The van der Waals surface area contributed by atoms with Crippen LogP contribution in [0.5, 0.6) is 0 Å². The standard InChI is InChI=1S/C18H15ClN4O4S2/c1-12-8-9-28-18(12)11-20-21-16-7-6-15(10-17(16)23(24)25)29(26,27)22-14-4-2-13(19)3-5-14/h2-11,21-22H,1H3. The molecule has 3 aromatic rings. The van der Waals surface area contributed by atoms with Crippen molar-refractivity contribution in [3.63, 3.8) is 0 Å². The first kappa shape index (κ1) is 20.8. The third kappa shape index (κ3) is 5.11. The van der Waals surface area contributed by atoms with Gasteiger partial charge >= 0.3 is 0 Å². The van der Waals surface area contributed by atoms with Crippen LogP contribution in [0.3, 0.4) is 0 Å². The maximum Gasteiger partial charge on any atom is 0.295 e. The van der Waals surface area contributed by atoms with Gasteiger partial charge in [0.25, 0.3) is 15.7 Å². The lowest BCUT2D eigenvalue weighted by Gasteiger charge is -2.09. The summed E-state index contributed by atoms with van der Waals surface area (Å²) in [5, 5.41) is 17.8. The van der Waals surface area contributed by atoms with Crippen LogP contribution in [0.4, 0.5) is 17.1 Å². The van der Waals surface area contributed by atoms with Gasteiger partial charge in [-0.25, -0.2) is 8.42 Å². The van der Waals surface area contributed by atoms with Gasteiger partial charge in [0.05, 0.1) is 16.0 Å². The molecule has 0 saturated carbocycles. The Morgan fingerprint density at radius 1 is 1.17 bits per heavy atom. The minimum atomic E-state index is -4.02. The van der Waals surface area contributed by atoms with Gasteiger partial charge < -0.3 is 0 Å². The molecule has 150 valence electrons. The van der Waals surface area contributed by atoms with Gasteiger partial charge in [0.15, 0.2) is 0 Å². The third-order valence-electron chi connectivity index (χ3n) is 3.84. The Labute approximate surface area is 176 Å². The number of benzene rings is 2. The van der Waals surface area contributed by atoms with Gasteiger partial charge in [-0.3, -0.25) is 20.3 Å². The van der Waals surface area contributed by atoms with Gasteiger partial charge in [-0.1, -0.05) is 11.6 Å². The van der Waals surface area contributed by atoms with E-state index >= 15 is 0 Å². The van der Waals surface area contributed by atoms with Gasteiger partial charge in [-0.05, 0) is 60.3 Å². The van der Waals surface area contributed by atoms with E-state index in [0.717, 1.165) is 16.5 Å². The molecule has 0 aliphatic rings. The molecular weight excluding hydrogens is 436 g/mol. The van der Waals surface area contributed by atoms with E-state index in [2.05, 4.69) is 15.2 Å². The molecule has 2 aromatic carbocycles. The van der Waals surface area contributed by atoms with E-state index in [1.54, 1.807) is 6.21 Å². The number of hydrogen-bond donors (Lipinski definition) is 2. The number of nitro benzene ring substituents is 1. The largest absolute Gasteiger partial charge is 0.295 e. The molecule has 0 radical (unpaired) electrons. The fraction of sp³-hybridized carbons (Fsp3) is 0.0556. The van der Waals surface area contributed by atoms with Crippen LogP contribution in [0.1, 0.15) is 10.4 Å². The number of hydrogen-bond acceptors (Lipinski definition) is 7. The number of halogens is 1. The van der Waals surface area contributed by atoms with E-state index in [0.29, 0.717) is 5.02 Å². The first-order chi connectivity index (χ1) is 13.8. The molecule has 1 heterocycles. The molecule has 3 rings (SSSR count). The summed E-state index contributed by atoms with van der Waals surface area (Å²) in [4.78, 5) is 11.4. The van der Waals surface area contributed by atoms with Gasteiger partial charge in [0.2, 0.25) is 0 Å². The summed E-state index contributed by atoms with van der Waals surface area (Å²) in [6.07, 6.45) is 1.55. The Kier molecular flexibility index (Phi) is 6.16. The fourth-order valence-electron chi connectivity index (χ4n) is 2.33. The Morgan fingerprint density at radius 3 is 2.52 bits per heavy atom. The molecule has 0 unspecified atom stereocenters. The molecule has 0 bridgehead atoms. The maximum atomic E-state index is 12.6. The van der Waals surface area contributed by atoms with Crippen LogP contribution in [0, 0.1) is 17.0 Å². The lowest BCUT2D eigenvalue weighted by Crippen LogP contribution is -2.13. The second kappa shape index (κ2) is 8.60. The second-order valence-electron chi connectivity index (χ2n) is 5.89. The number of rotatable bonds is 7. The van der Waals surface area contributed by atoms with Crippen molar-refractivity contribution in [3.05, 3.63) is 79.5 Å². The summed E-state index contributed by atoms with van der Waals surface area (Å²) in [6.45, 7) is 1.92. The number of sulfonamides is 1. The first-order valence-corrected chi connectivity index (χ1v) is 10.9. The van der Waals surface area contributed by atoms with E-state index < -0.39 is 20.6 Å². The van der Waals surface area contributed by atoms with E-state index in [1.807, 2.05) is 18.4 Å². The number of thiophene rings is 1. The zero-order valence-electron chi connectivity index (χ0n) is 15.0. The molecule has 29 heavy (non-hydrogen) atoms. The molecule has 0 atom stereocenters. The molecule has 2 N–H and O–H groups in total. The average molecular weight is 451 g/mol. The average Bonchev–Trinajstić information content (AvgIpc) is 3.08. The quantitative estimate of drug-likeness (QED) is 0.303. The van der Waals surface area contributed by atoms with Crippen LogP contribution >= 0.6 is 22.9 Å². The number of nitrogens with zero attached hydrogens (tertiary/aromatic N) is 2. The van der Waals surface area contributed by atoms with Gasteiger partial charge in [0, 0.05) is 21.7 Å². The number of aryl methyl sites for hydroxylation is 1. The van der Waals surface area contributed by atoms with E-state index in [-0.39, 0.29) is 16.3 Å². The van der Waals surface area contributed by atoms with Crippen molar-refractivity contribution in [2.75, 3.05) is 10.1 Å². The second-order valence-corrected chi connectivity index (χ2v) is 8.95. The fourth-order valence-corrected chi connectivity index (χ4v) is 4.32. The normalized spacial score (nSPS) is 11.5. The van der Waals surface area contributed by atoms with Crippen LogP contribution in [0.2, 0.25) is 5.02 Å². The van der Waals surface area contributed by atoms with Crippen molar-refractivity contribution >= 4 is 56.2 Å². The monoisotopic (exact) mass is 450 g/mol. The van der Waals surface area contributed by atoms with Crippen LogP contribution in [0.15, 0.2) is 63.9 Å². The van der Waals surface area contributed by atoms with Crippen molar-refractivity contribution in [1.82, 2.24) is 0 Å². The molecule has 8 nitrogen and oxygen atoms in total. The number of nitro groups is 1. The van der Waals surface area contributed by atoms with E-state index in [1.165, 1.54) is 47.7 Å². The zero-order chi connectivity index (χ0) is 21.0. The highest BCUT2D eigenvalue weighted by Crippen LogP contribution is 2.29. The summed E-state index contributed by atoms with van der Waals surface area (Å²) < 4.78 is 27.5. The predicted molar refractivity (Wildman–Crippen MR) is 116 cm³/mol. The SMILES string of the molecule is Cc1ccsc1C=NNc1ccc(S(=O)(=O)Nc2ccc(Cl)cc2)cc1[N+](=O)[O-]. The molecule has 0 saturated heterocycles. The highest BCUT2D eigenvalue weighted by molar-refractivity contribution is 7.92. The van der Waals surface area contributed by atoms with Crippen molar-refractivity contribution in [2.24, 2.45) is 5.10 Å². The van der Waals surface area contributed by atoms with Crippen molar-refractivity contribution < 1.29 is 13.3 Å². The van der Waals surface area contributed by atoms with Crippen LogP contribution < -0.4 is 10.1 Å². The smallest absolute Gasteiger partial charge is 0.280 e. The summed E-state index contributed by atoms with van der Waals surface area (Å²) >= 11 is 7.27. The zero-order valence-corrected chi connectivity index (χ0v) is 17.4. The number of anilines is 2. The summed E-state index contributed by atoms with van der Waals surface area (Å²) in [5.41, 5.74) is 3.58. The summed E-state index contributed by atoms with van der Waals surface area (Å²) in [6, 6.07) is 11.5. The van der Waals surface area contributed by atoms with E-state index in [9.17, 15) is 18.5 Å². The Balaban J connectivity index is 1.85. The van der Waals surface area contributed by atoms with Crippen LogP contribution in [-0.4, -0.2) is 19.6 Å². The molecule has 0 fully saturated rings.